The normalized spacial score (nSPS) is 13.0. The monoisotopic (exact) mass is 430 g/mol. The van der Waals surface area contributed by atoms with Crippen molar-refractivity contribution in [1.29, 1.82) is 0 Å². The highest BCUT2D eigenvalue weighted by molar-refractivity contribution is 8.02. The Morgan fingerprint density at radius 3 is 2.69 bits per heavy atom. The van der Waals surface area contributed by atoms with E-state index in [2.05, 4.69) is 20.8 Å². The van der Waals surface area contributed by atoms with Crippen LogP contribution >= 0.6 is 23.1 Å². The van der Waals surface area contributed by atoms with Crippen molar-refractivity contribution < 1.29 is 19.0 Å². The van der Waals surface area contributed by atoms with E-state index in [1.165, 1.54) is 23.1 Å². The third-order valence-corrected chi connectivity index (χ3v) is 6.06. The zero-order valence-corrected chi connectivity index (χ0v) is 17.3. The first-order valence-electron chi connectivity index (χ1n) is 8.72. The average molecular weight is 431 g/mol. The van der Waals surface area contributed by atoms with Crippen molar-refractivity contribution in [3.63, 3.8) is 0 Å². The quantitative estimate of drug-likeness (QED) is 0.540. The second-order valence-electron chi connectivity index (χ2n) is 6.04. The molecular weight excluding hydrogens is 412 g/mol. The summed E-state index contributed by atoms with van der Waals surface area (Å²) >= 11 is 2.74. The van der Waals surface area contributed by atoms with Gasteiger partial charge in [-0.25, -0.2) is 0 Å². The maximum atomic E-state index is 12.5. The van der Waals surface area contributed by atoms with Gasteiger partial charge in [0.05, 0.1) is 12.4 Å². The summed E-state index contributed by atoms with van der Waals surface area (Å²) in [5.41, 5.74) is 1.54. The summed E-state index contributed by atoms with van der Waals surface area (Å²) in [7, 11) is 1.63. The van der Waals surface area contributed by atoms with Gasteiger partial charge in [0.15, 0.2) is 15.8 Å². The maximum absolute atomic E-state index is 12.5. The third-order valence-electron chi connectivity index (χ3n) is 4.03. The van der Waals surface area contributed by atoms with Gasteiger partial charge in [-0.1, -0.05) is 23.1 Å². The number of methoxy groups -OCH3 is 1. The van der Waals surface area contributed by atoms with Crippen LogP contribution in [-0.2, 0) is 4.79 Å². The molecule has 10 heteroatoms. The van der Waals surface area contributed by atoms with Gasteiger partial charge in [-0.15, -0.1) is 10.2 Å². The molecule has 0 spiro atoms. The lowest BCUT2D eigenvalue weighted by Crippen LogP contribution is -2.22. The van der Waals surface area contributed by atoms with Crippen LogP contribution in [0.2, 0.25) is 0 Å². The molecule has 1 aliphatic rings. The molecule has 1 aliphatic heterocycles. The smallest absolute Gasteiger partial charge is 0.237 e. The molecule has 150 valence electrons. The number of nitrogens with zero attached hydrogens (tertiary/aromatic N) is 2. The van der Waals surface area contributed by atoms with Crippen molar-refractivity contribution >= 4 is 45.5 Å². The molecule has 0 radical (unpaired) electrons. The number of benzene rings is 2. The van der Waals surface area contributed by atoms with Gasteiger partial charge in [-0.3, -0.25) is 4.79 Å². The molecule has 1 aromatic heterocycles. The third kappa shape index (κ3) is 4.72. The number of ether oxygens (including phenoxy) is 3. The molecule has 0 aliphatic carbocycles. The van der Waals surface area contributed by atoms with Gasteiger partial charge in [0, 0.05) is 17.4 Å². The molecule has 0 saturated carbocycles. The Kier molecular flexibility index (Phi) is 5.72. The topological polar surface area (TPSA) is 94.6 Å². The van der Waals surface area contributed by atoms with Gasteiger partial charge in [-0.05, 0) is 43.3 Å². The van der Waals surface area contributed by atoms with E-state index in [1.54, 1.807) is 25.3 Å². The second-order valence-corrected chi connectivity index (χ2v) is 8.61. The molecule has 1 unspecified atom stereocenters. The largest absolute Gasteiger partial charge is 0.497 e. The molecule has 2 N–H and O–H groups in total. The fourth-order valence-corrected chi connectivity index (χ4v) is 4.44. The van der Waals surface area contributed by atoms with Gasteiger partial charge in [0.2, 0.25) is 17.8 Å². The van der Waals surface area contributed by atoms with E-state index in [0.717, 1.165) is 11.4 Å². The summed E-state index contributed by atoms with van der Waals surface area (Å²) in [4.78, 5) is 12.5. The predicted octanol–water partition coefficient (Wildman–Crippen LogP) is 4.14. The van der Waals surface area contributed by atoms with Crippen LogP contribution < -0.4 is 24.8 Å². The number of nitrogens with one attached hydrogen (secondary N) is 2. The summed E-state index contributed by atoms with van der Waals surface area (Å²) in [5.74, 6) is 1.96. The minimum Gasteiger partial charge on any atom is -0.497 e. The van der Waals surface area contributed by atoms with Crippen LogP contribution in [0.3, 0.4) is 0 Å². The van der Waals surface area contributed by atoms with E-state index in [-0.39, 0.29) is 18.0 Å². The summed E-state index contributed by atoms with van der Waals surface area (Å²) in [6.45, 7) is 2.02. The number of amides is 1. The Labute approximate surface area is 175 Å². The van der Waals surface area contributed by atoms with E-state index in [4.69, 9.17) is 14.2 Å². The number of carbonyl (C=O) groups excluding carboxylic acids is 1. The zero-order chi connectivity index (χ0) is 20.2. The molecule has 2 heterocycles. The first-order valence-corrected chi connectivity index (χ1v) is 10.4. The molecule has 4 rings (SSSR count). The van der Waals surface area contributed by atoms with Crippen LogP contribution in [0.1, 0.15) is 6.92 Å². The molecule has 0 bridgehead atoms. The van der Waals surface area contributed by atoms with Crippen molar-refractivity contribution in [1.82, 2.24) is 10.2 Å². The number of carbonyl (C=O) groups is 1. The van der Waals surface area contributed by atoms with Crippen LogP contribution in [0.5, 0.6) is 17.2 Å². The molecule has 3 aromatic rings. The minimum atomic E-state index is -0.345. The number of thioether (sulfide) groups is 1. The number of anilines is 3. The Bertz CT molecular complexity index is 1010. The molecule has 1 atom stereocenters. The lowest BCUT2D eigenvalue weighted by molar-refractivity contribution is -0.115. The van der Waals surface area contributed by atoms with Crippen LogP contribution in [0.25, 0.3) is 0 Å². The van der Waals surface area contributed by atoms with E-state index in [9.17, 15) is 4.79 Å². The van der Waals surface area contributed by atoms with E-state index >= 15 is 0 Å². The van der Waals surface area contributed by atoms with Gasteiger partial charge in [0.25, 0.3) is 0 Å². The number of hydrogen-bond donors (Lipinski definition) is 2. The number of rotatable bonds is 7. The van der Waals surface area contributed by atoms with Crippen molar-refractivity contribution in [2.24, 2.45) is 0 Å². The highest BCUT2D eigenvalue weighted by Crippen LogP contribution is 2.35. The minimum absolute atomic E-state index is 0.131. The first-order chi connectivity index (χ1) is 14.1. The Morgan fingerprint density at radius 2 is 1.90 bits per heavy atom. The maximum Gasteiger partial charge on any atom is 0.237 e. The molecule has 0 saturated heterocycles. The Morgan fingerprint density at radius 1 is 1.14 bits per heavy atom. The molecule has 29 heavy (non-hydrogen) atoms. The SMILES string of the molecule is COc1ccc(Nc2nnc(SC(C)C(=O)Nc3ccc4c(c3)OCO4)s2)cc1. The van der Waals surface area contributed by atoms with Gasteiger partial charge in [-0.2, -0.15) is 0 Å². The Balaban J connectivity index is 1.33. The summed E-state index contributed by atoms with van der Waals surface area (Å²) < 4.78 is 16.5. The van der Waals surface area contributed by atoms with Crippen molar-refractivity contribution in [2.75, 3.05) is 24.5 Å². The van der Waals surface area contributed by atoms with Gasteiger partial charge in [0.1, 0.15) is 5.75 Å². The summed E-state index contributed by atoms with van der Waals surface area (Å²) in [6.07, 6.45) is 0. The van der Waals surface area contributed by atoms with Gasteiger partial charge < -0.3 is 24.8 Å². The second kappa shape index (κ2) is 8.58. The van der Waals surface area contributed by atoms with Crippen molar-refractivity contribution in [2.45, 2.75) is 16.5 Å². The van der Waals surface area contributed by atoms with Crippen LogP contribution in [0.15, 0.2) is 46.8 Å². The lowest BCUT2D eigenvalue weighted by atomic mass is 10.2. The lowest BCUT2D eigenvalue weighted by Gasteiger charge is -2.10. The predicted molar refractivity (Wildman–Crippen MR) is 113 cm³/mol. The number of hydrogen-bond acceptors (Lipinski definition) is 9. The Hall–Kier alpha value is -2.98. The van der Waals surface area contributed by atoms with Crippen LogP contribution in [0, 0.1) is 0 Å². The van der Waals surface area contributed by atoms with E-state index in [0.29, 0.717) is 26.7 Å². The van der Waals surface area contributed by atoms with E-state index < -0.39 is 0 Å². The van der Waals surface area contributed by atoms with Crippen molar-refractivity contribution in [3.05, 3.63) is 42.5 Å². The van der Waals surface area contributed by atoms with Crippen LogP contribution in [-0.4, -0.2) is 35.3 Å². The standard InChI is InChI=1S/C19H18N4O4S2/c1-11(17(24)20-13-5-8-15-16(9-13)27-10-26-15)28-19-23-22-18(29-19)21-12-3-6-14(25-2)7-4-12/h3-9,11H,10H2,1-2H3,(H,20,24)(H,21,22). The highest BCUT2D eigenvalue weighted by atomic mass is 32.2. The summed E-state index contributed by atoms with van der Waals surface area (Å²) in [6, 6.07) is 12.8. The first kappa shape index (κ1) is 19.3. The highest BCUT2D eigenvalue weighted by Gasteiger charge is 2.19. The number of aromatic nitrogens is 2. The molecule has 8 nitrogen and oxygen atoms in total. The van der Waals surface area contributed by atoms with Crippen molar-refractivity contribution in [3.8, 4) is 17.2 Å². The fourth-order valence-electron chi connectivity index (χ4n) is 2.53. The molecular formula is C19H18N4O4S2. The molecule has 0 fully saturated rings. The molecule has 1 amide bonds. The van der Waals surface area contributed by atoms with Crippen LogP contribution in [0.4, 0.5) is 16.5 Å². The summed E-state index contributed by atoms with van der Waals surface area (Å²) in [5, 5.41) is 14.7. The average Bonchev–Trinajstić information content (AvgIpc) is 3.37. The zero-order valence-electron chi connectivity index (χ0n) is 15.7. The van der Waals surface area contributed by atoms with E-state index in [1.807, 2.05) is 31.2 Å². The number of fused-ring (bicyclic) bond motifs is 1. The molecule has 2 aromatic carbocycles. The van der Waals surface area contributed by atoms with Gasteiger partial charge >= 0.3 is 0 Å². The fraction of sp³-hybridized carbons (Fsp3) is 0.211.